The number of sulfonamides is 1. The van der Waals surface area contributed by atoms with E-state index in [1.54, 1.807) is 31.2 Å². The van der Waals surface area contributed by atoms with Crippen molar-refractivity contribution in [3.05, 3.63) is 65.7 Å². The monoisotopic (exact) mass is 484 g/mol. The van der Waals surface area contributed by atoms with E-state index in [-0.39, 0.29) is 35.2 Å². The van der Waals surface area contributed by atoms with E-state index in [4.69, 9.17) is 4.74 Å². The van der Waals surface area contributed by atoms with Crippen LogP contribution >= 0.6 is 0 Å². The van der Waals surface area contributed by atoms with Gasteiger partial charge in [-0.3, -0.25) is 9.59 Å². The molecule has 8 heteroatoms. The summed E-state index contributed by atoms with van der Waals surface area (Å²) in [6, 6.07) is 15.7. The molecule has 0 unspecified atom stereocenters. The lowest BCUT2D eigenvalue weighted by molar-refractivity contribution is -0.147. The van der Waals surface area contributed by atoms with E-state index in [1.807, 2.05) is 42.2 Å². The van der Waals surface area contributed by atoms with E-state index < -0.39 is 22.0 Å². The molecule has 0 spiro atoms. The summed E-state index contributed by atoms with van der Waals surface area (Å²) < 4.78 is 33.4. The molecular weight excluding hydrogens is 452 g/mol. The van der Waals surface area contributed by atoms with E-state index in [9.17, 15) is 18.0 Å². The summed E-state index contributed by atoms with van der Waals surface area (Å²) >= 11 is 0. The number of aryl methyl sites for hydroxylation is 1. The quantitative estimate of drug-likeness (QED) is 0.587. The van der Waals surface area contributed by atoms with Gasteiger partial charge in [-0.1, -0.05) is 48.0 Å². The van der Waals surface area contributed by atoms with Crippen molar-refractivity contribution in [1.29, 1.82) is 0 Å². The van der Waals surface area contributed by atoms with Crippen LogP contribution in [0.4, 0.5) is 0 Å². The molecule has 1 amide bonds. The van der Waals surface area contributed by atoms with Crippen molar-refractivity contribution in [2.45, 2.75) is 56.6 Å². The molecule has 2 aromatic rings. The van der Waals surface area contributed by atoms with Crippen molar-refractivity contribution in [2.24, 2.45) is 11.8 Å². The fourth-order valence-corrected chi connectivity index (χ4v) is 7.09. The first kappa shape index (κ1) is 24.4. The minimum atomic E-state index is -3.87. The lowest BCUT2D eigenvalue weighted by Crippen LogP contribution is -2.52. The minimum Gasteiger partial charge on any atom is -0.468 e. The zero-order valence-electron chi connectivity index (χ0n) is 19.9. The highest BCUT2D eigenvalue weighted by atomic mass is 32.2. The summed E-state index contributed by atoms with van der Waals surface area (Å²) in [6.45, 7) is 4.24. The second-order valence-corrected chi connectivity index (χ2v) is 11.3. The third-order valence-corrected chi connectivity index (χ3v) is 9.14. The van der Waals surface area contributed by atoms with Crippen molar-refractivity contribution in [1.82, 2.24) is 9.21 Å². The lowest BCUT2D eigenvalue weighted by Gasteiger charge is -2.39. The third-order valence-electron chi connectivity index (χ3n) is 7.25. The first-order valence-electron chi connectivity index (χ1n) is 11.7. The Morgan fingerprint density at radius 2 is 1.65 bits per heavy atom. The van der Waals surface area contributed by atoms with Gasteiger partial charge in [0.1, 0.15) is 6.04 Å². The molecule has 0 bridgehead atoms. The number of fused-ring (bicyclic) bond motifs is 1. The highest BCUT2D eigenvalue weighted by molar-refractivity contribution is 7.89. The average molecular weight is 485 g/mol. The number of hydrogen-bond donors (Lipinski definition) is 0. The van der Waals surface area contributed by atoms with E-state index in [0.717, 1.165) is 17.5 Å². The second-order valence-electron chi connectivity index (χ2n) is 9.44. The molecule has 0 N–H and O–H groups in total. The van der Waals surface area contributed by atoms with Crippen LogP contribution in [0.1, 0.15) is 37.3 Å². The van der Waals surface area contributed by atoms with Gasteiger partial charge >= 0.3 is 5.97 Å². The number of ether oxygens (including phenoxy) is 1. The number of benzene rings is 2. The second kappa shape index (κ2) is 9.88. The largest absolute Gasteiger partial charge is 0.468 e. The van der Waals surface area contributed by atoms with Gasteiger partial charge in [-0.25, -0.2) is 8.42 Å². The van der Waals surface area contributed by atoms with Gasteiger partial charge in [0.15, 0.2) is 0 Å². The van der Waals surface area contributed by atoms with Crippen LogP contribution in [0.25, 0.3) is 0 Å². The topological polar surface area (TPSA) is 84.0 Å². The predicted octanol–water partition coefficient (Wildman–Crippen LogP) is 3.37. The Balaban J connectivity index is 1.58. The predicted molar refractivity (Wildman–Crippen MR) is 128 cm³/mol. The number of carbonyl (C=O) groups excluding carboxylic acids is 2. The Labute approximate surface area is 201 Å². The van der Waals surface area contributed by atoms with Crippen molar-refractivity contribution in [3.63, 3.8) is 0 Å². The molecular formula is C26H32N2O5S. The number of piperidine rings is 1. The molecule has 1 aliphatic carbocycles. The number of esters is 1. The molecule has 182 valence electrons. The first-order valence-corrected chi connectivity index (χ1v) is 13.1. The molecule has 2 aliphatic rings. The van der Waals surface area contributed by atoms with Gasteiger partial charge in [-0.05, 0) is 55.7 Å². The van der Waals surface area contributed by atoms with Crippen LogP contribution in [0.3, 0.4) is 0 Å². The zero-order valence-corrected chi connectivity index (χ0v) is 20.7. The highest BCUT2D eigenvalue weighted by Gasteiger charge is 2.49. The van der Waals surface area contributed by atoms with E-state index >= 15 is 0 Å². The standard InChI is InChI=1S/C26H32N2O5S/c1-18-9-11-24(12-10-18)34(31,32)28-17-22-14-23(13-21(22)15-25(28)26(30)33-3)27(19(2)29)16-20-7-5-4-6-8-20/h4-12,21-23,25H,13-17H2,1-3H3/t21-,22+,23+,25+/m1/s1. The van der Waals surface area contributed by atoms with E-state index in [2.05, 4.69) is 0 Å². The van der Waals surface area contributed by atoms with E-state index in [1.165, 1.54) is 11.4 Å². The van der Waals surface area contributed by atoms with Crippen LogP contribution in [0.2, 0.25) is 0 Å². The van der Waals surface area contributed by atoms with Gasteiger partial charge in [-0.2, -0.15) is 4.31 Å². The van der Waals surface area contributed by atoms with Crippen LogP contribution in [0.5, 0.6) is 0 Å². The average Bonchev–Trinajstić information content (AvgIpc) is 3.24. The number of carbonyl (C=O) groups is 2. The minimum absolute atomic E-state index is 0.00107. The smallest absolute Gasteiger partial charge is 0.324 e. The van der Waals surface area contributed by atoms with Crippen molar-refractivity contribution in [3.8, 4) is 0 Å². The molecule has 2 fully saturated rings. The van der Waals surface area contributed by atoms with Gasteiger partial charge < -0.3 is 9.64 Å². The Morgan fingerprint density at radius 3 is 2.26 bits per heavy atom. The maximum absolute atomic E-state index is 13.5. The summed E-state index contributed by atoms with van der Waals surface area (Å²) in [5, 5.41) is 0. The Hall–Kier alpha value is -2.71. The van der Waals surface area contributed by atoms with Gasteiger partial charge in [0.05, 0.1) is 12.0 Å². The fraction of sp³-hybridized carbons (Fsp3) is 0.462. The molecule has 0 radical (unpaired) electrons. The lowest BCUT2D eigenvalue weighted by atomic mass is 9.86. The van der Waals surface area contributed by atoms with Gasteiger partial charge in [0.2, 0.25) is 15.9 Å². The van der Waals surface area contributed by atoms with Crippen LogP contribution in [-0.4, -0.2) is 55.2 Å². The van der Waals surface area contributed by atoms with Crippen molar-refractivity contribution >= 4 is 21.9 Å². The highest BCUT2D eigenvalue weighted by Crippen LogP contribution is 2.44. The molecule has 34 heavy (non-hydrogen) atoms. The molecule has 1 saturated carbocycles. The maximum Gasteiger partial charge on any atom is 0.324 e. The molecule has 1 heterocycles. The van der Waals surface area contributed by atoms with Crippen molar-refractivity contribution in [2.75, 3.05) is 13.7 Å². The number of nitrogens with zero attached hydrogens (tertiary/aromatic N) is 2. The number of hydrogen-bond acceptors (Lipinski definition) is 5. The van der Waals surface area contributed by atoms with Crippen LogP contribution in [0, 0.1) is 18.8 Å². The molecule has 1 aliphatic heterocycles. The maximum atomic E-state index is 13.5. The summed E-state index contributed by atoms with van der Waals surface area (Å²) in [7, 11) is -2.58. The number of methoxy groups -OCH3 is 1. The Morgan fingerprint density at radius 1 is 1.00 bits per heavy atom. The first-order chi connectivity index (χ1) is 16.2. The van der Waals surface area contributed by atoms with E-state index in [0.29, 0.717) is 19.4 Å². The summed E-state index contributed by atoms with van der Waals surface area (Å²) in [5.41, 5.74) is 2.02. The van der Waals surface area contributed by atoms with Crippen LogP contribution in [0.15, 0.2) is 59.5 Å². The molecule has 1 saturated heterocycles. The normalized spacial score (nSPS) is 24.9. The van der Waals surface area contributed by atoms with Crippen molar-refractivity contribution < 1.29 is 22.7 Å². The molecule has 4 atom stereocenters. The summed E-state index contributed by atoms with van der Waals surface area (Å²) in [5.74, 6) is -0.314. The number of amides is 1. The molecule has 0 aromatic heterocycles. The zero-order chi connectivity index (χ0) is 24.5. The fourth-order valence-electron chi connectivity index (χ4n) is 5.45. The Bertz CT molecular complexity index is 1130. The van der Waals surface area contributed by atoms with Crippen LogP contribution < -0.4 is 0 Å². The number of rotatable bonds is 6. The SMILES string of the molecule is COC(=O)[C@@H]1C[C@H]2C[C@H](N(Cc3ccccc3)C(C)=O)C[C@H]2CN1S(=O)(=O)c1ccc(C)cc1. The molecule has 7 nitrogen and oxygen atoms in total. The Kier molecular flexibility index (Phi) is 7.09. The molecule has 4 rings (SSSR count). The molecule has 2 aromatic carbocycles. The van der Waals surface area contributed by atoms with Gasteiger partial charge in [-0.15, -0.1) is 0 Å². The summed E-state index contributed by atoms with van der Waals surface area (Å²) in [6.07, 6.45) is 1.86. The summed E-state index contributed by atoms with van der Waals surface area (Å²) in [4.78, 5) is 27.3. The van der Waals surface area contributed by atoms with Gasteiger partial charge in [0, 0.05) is 26.1 Å². The van der Waals surface area contributed by atoms with Gasteiger partial charge in [0.25, 0.3) is 0 Å². The van der Waals surface area contributed by atoms with Crippen LogP contribution in [-0.2, 0) is 30.9 Å². The third kappa shape index (κ3) is 4.88.